The predicted molar refractivity (Wildman–Crippen MR) is 37.4 cm³/mol. The molecule has 90 valence electrons. The molecule has 0 unspecified atom stereocenters. The molecule has 0 saturated heterocycles. The quantitative estimate of drug-likeness (QED) is 0.582. The van der Waals surface area contributed by atoms with Crippen molar-refractivity contribution in [2.45, 2.75) is 12.0 Å². The number of halogens is 5. The summed E-state index contributed by atoms with van der Waals surface area (Å²) < 4.78 is 67.8. The van der Waals surface area contributed by atoms with Gasteiger partial charge in [0.1, 0.15) is 6.73 Å². The molecule has 0 aromatic heterocycles. The number of hydrogen-bond acceptors (Lipinski definition) is 3. The molecule has 0 spiro atoms. The van der Waals surface area contributed by atoms with Crippen LogP contribution >= 0.6 is 0 Å². The lowest BCUT2D eigenvalue weighted by molar-refractivity contribution is -0.324. The fraction of sp³-hybridized carbons (Fsp3) is 0.833. The molecule has 0 rings (SSSR count). The number of ether oxygens (including phenoxy) is 2. The van der Waals surface area contributed by atoms with Crippen LogP contribution in [0.1, 0.15) is 0 Å². The van der Waals surface area contributed by atoms with E-state index in [1.807, 2.05) is 0 Å². The molecule has 0 radical (unpaired) electrons. The van der Waals surface area contributed by atoms with Gasteiger partial charge in [0.15, 0.2) is 6.67 Å². The average molecular weight is 237 g/mol. The normalized spacial score (nSPS) is 12.4. The molecule has 4 nitrogen and oxygen atoms in total. The van der Waals surface area contributed by atoms with E-state index in [1.165, 1.54) is 0 Å². The van der Waals surface area contributed by atoms with Gasteiger partial charge in [-0.1, -0.05) is 0 Å². The number of amides is 1. The maximum atomic E-state index is 12.4. The molecule has 0 aromatic rings. The Hall–Kier alpha value is -1.12. The standard InChI is InChI=1S/C6H8F5NO3/c1-14-3-12-4(13)15-6(10,11)5(8,9)2-7/h2-3H2,1H3,(H,12,13). The van der Waals surface area contributed by atoms with Gasteiger partial charge in [-0.15, -0.1) is 0 Å². The number of carbonyl (C=O) groups is 1. The van der Waals surface area contributed by atoms with Gasteiger partial charge < -0.3 is 9.47 Å². The highest BCUT2D eigenvalue weighted by Gasteiger charge is 2.60. The number of alkyl carbamates (subject to hydrolysis) is 1. The Balaban J connectivity index is 4.31. The number of methoxy groups -OCH3 is 1. The Morgan fingerprint density at radius 1 is 1.33 bits per heavy atom. The monoisotopic (exact) mass is 237 g/mol. The zero-order valence-corrected chi connectivity index (χ0v) is 7.53. The Bertz CT molecular complexity index is 223. The number of rotatable bonds is 5. The highest BCUT2D eigenvalue weighted by atomic mass is 19.3. The van der Waals surface area contributed by atoms with Crippen LogP contribution in [0.15, 0.2) is 0 Å². The first kappa shape index (κ1) is 13.9. The molecule has 9 heteroatoms. The topological polar surface area (TPSA) is 47.6 Å². The zero-order valence-electron chi connectivity index (χ0n) is 7.53. The van der Waals surface area contributed by atoms with E-state index in [0.29, 0.717) is 0 Å². The van der Waals surface area contributed by atoms with Gasteiger partial charge in [-0.05, 0) is 0 Å². The fourth-order valence-electron chi connectivity index (χ4n) is 0.436. The molecule has 1 amide bonds. The molecule has 0 bridgehead atoms. The Morgan fingerprint density at radius 2 is 1.87 bits per heavy atom. The van der Waals surface area contributed by atoms with Gasteiger partial charge >= 0.3 is 18.1 Å². The van der Waals surface area contributed by atoms with Crippen LogP contribution in [0.2, 0.25) is 0 Å². The van der Waals surface area contributed by atoms with Crippen LogP contribution < -0.4 is 5.32 Å². The molecule has 0 aliphatic carbocycles. The summed E-state index contributed by atoms with van der Waals surface area (Å²) in [6.07, 6.45) is -7.05. The van der Waals surface area contributed by atoms with Crippen molar-refractivity contribution in [3.05, 3.63) is 0 Å². The number of carbonyl (C=O) groups excluding carboxylic acids is 1. The van der Waals surface area contributed by atoms with Crippen molar-refractivity contribution in [2.75, 3.05) is 20.5 Å². The SMILES string of the molecule is COCNC(=O)OC(F)(F)C(F)(F)CF. The van der Waals surface area contributed by atoms with Crippen molar-refractivity contribution in [2.24, 2.45) is 0 Å². The van der Waals surface area contributed by atoms with Crippen LogP contribution in [0.5, 0.6) is 0 Å². The van der Waals surface area contributed by atoms with Crippen molar-refractivity contribution in [3.8, 4) is 0 Å². The molecule has 0 aliphatic rings. The average Bonchev–Trinajstić information content (AvgIpc) is 2.13. The maximum Gasteiger partial charge on any atom is 0.470 e. The van der Waals surface area contributed by atoms with E-state index in [1.54, 1.807) is 5.32 Å². The van der Waals surface area contributed by atoms with Crippen molar-refractivity contribution >= 4 is 6.09 Å². The third kappa shape index (κ3) is 3.86. The van der Waals surface area contributed by atoms with Crippen LogP contribution in [0, 0.1) is 0 Å². The maximum absolute atomic E-state index is 12.4. The van der Waals surface area contributed by atoms with Gasteiger partial charge in [-0.3, -0.25) is 5.32 Å². The molecule has 0 aliphatic heterocycles. The summed E-state index contributed by atoms with van der Waals surface area (Å²) in [5, 5.41) is 1.57. The summed E-state index contributed by atoms with van der Waals surface area (Å²) in [5.74, 6) is -5.06. The first-order chi connectivity index (χ1) is 6.77. The highest BCUT2D eigenvalue weighted by Crippen LogP contribution is 2.35. The summed E-state index contributed by atoms with van der Waals surface area (Å²) in [4.78, 5) is 10.4. The van der Waals surface area contributed by atoms with Crippen molar-refractivity contribution < 1.29 is 36.2 Å². The molecule has 1 N–H and O–H groups in total. The summed E-state index contributed by atoms with van der Waals surface area (Å²) in [5.41, 5.74) is 0. The van der Waals surface area contributed by atoms with Crippen molar-refractivity contribution in [1.29, 1.82) is 0 Å². The molecule has 15 heavy (non-hydrogen) atoms. The van der Waals surface area contributed by atoms with Crippen LogP contribution in [0.3, 0.4) is 0 Å². The number of hydrogen-bond donors (Lipinski definition) is 1. The molecule has 0 fully saturated rings. The molecule has 0 aromatic carbocycles. The number of nitrogens with one attached hydrogen (secondary N) is 1. The first-order valence-corrected chi connectivity index (χ1v) is 3.54. The Morgan fingerprint density at radius 3 is 2.27 bits per heavy atom. The van der Waals surface area contributed by atoms with E-state index in [9.17, 15) is 26.7 Å². The second-order valence-corrected chi connectivity index (χ2v) is 2.35. The lowest BCUT2D eigenvalue weighted by Crippen LogP contribution is -2.47. The lowest BCUT2D eigenvalue weighted by atomic mass is 10.3. The summed E-state index contributed by atoms with van der Waals surface area (Å²) in [6, 6.07) is 0. The van der Waals surface area contributed by atoms with Gasteiger partial charge in [-0.2, -0.15) is 17.6 Å². The van der Waals surface area contributed by atoms with Crippen LogP contribution in [0.4, 0.5) is 26.7 Å². The van der Waals surface area contributed by atoms with E-state index < -0.39 is 31.5 Å². The summed E-state index contributed by atoms with van der Waals surface area (Å²) >= 11 is 0. The summed E-state index contributed by atoms with van der Waals surface area (Å²) in [7, 11) is 1.12. The molecule has 0 heterocycles. The lowest BCUT2D eigenvalue weighted by Gasteiger charge is -2.22. The summed E-state index contributed by atoms with van der Waals surface area (Å²) in [6.45, 7) is -3.15. The van der Waals surface area contributed by atoms with Gasteiger partial charge in [-0.25, -0.2) is 9.18 Å². The van der Waals surface area contributed by atoms with Crippen molar-refractivity contribution in [3.63, 3.8) is 0 Å². The first-order valence-electron chi connectivity index (χ1n) is 3.54. The molecular formula is C6H8F5NO3. The Kier molecular flexibility index (Phi) is 4.72. The fourth-order valence-corrected chi connectivity index (χ4v) is 0.436. The molecule has 0 atom stereocenters. The smallest absolute Gasteiger partial charge is 0.379 e. The Labute approximate surface area is 81.3 Å². The predicted octanol–water partition coefficient (Wildman–Crippen LogP) is 1.51. The van der Waals surface area contributed by atoms with Crippen LogP contribution in [-0.2, 0) is 9.47 Å². The highest BCUT2D eigenvalue weighted by molar-refractivity contribution is 5.67. The van der Waals surface area contributed by atoms with Gasteiger partial charge in [0.25, 0.3) is 0 Å². The van der Waals surface area contributed by atoms with Gasteiger partial charge in [0.2, 0.25) is 0 Å². The van der Waals surface area contributed by atoms with Crippen molar-refractivity contribution in [1.82, 2.24) is 5.32 Å². The molecule has 0 saturated carbocycles. The third-order valence-corrected chi connectivity index (χ3v) is 1.18. The van der Waals surface area contributed by atoms with E-state index in [0.717, 1.165) is 7.11 Å². The van der Waals surface area contributed by atoms with E-state index in [-0.39, 0.29) is 0 Å². The van der Waals surface area contributed by atoms with Crippen LogP contribution in [0.25, 0.3) is 0 Å². The van der Waals surface area contributed by atoms with E-state index in [2.05, 4.69) is 9.47 Å². The largest absolute Gasteiger partial charge is 0.470 e. The minimum Gasteiger partial charge on any atom is -0.379 e. The zero-order chi connectivity index (χ0) is 12.1. The van der Waals surface area contributed by atoms with E-state index >= 15 is 0 Å². The van der Waals surface area contributed by atoms with Gasteiger partial charge in [0.05, 0.1) is 0 Å². The second-order valence-electron chi connectivity index (χ2n) is 2.35. The second kappa shape index (κ2) is 5.10. The molecular weight excluding hydrogens is 229 g/mol. The minimum absolute atomic E-state index is 0.504. The van der Waals surface area contributed by atoms with Gasteiger partial charge in [0, 0.05) is 7.11 Å². The van der Waals surface area contributed by atoms with Crippen LogP contribution in [-0.4, -0.2) is 38.6 Å². The van der Waals surface area contributed by atoms with E-state index in [4.69, 9.17) is 0 Å². The number of alkyl halides is 5. The minimum atomic E-state index is -5.21. The third-order valence-electron chi connectivity index (χ3n) is 1.18.